The Morgan fingerprint density at radius 3 is 2.50 bits per heavy atom. The van der Waals surface area contributed by atoms with Crippen LogP contribution in [0.2, 0.25) is 0 Å². The first kappa shape index (κ1) is 12.4. The van der Waals surface area contributed by atoms with Crippen LogP contribution in [-0.2, 0) is 0 Å². The number of rotatable bonds is 5. The SMILES string of the molecule is CC1(C)C(O)CC1NCCCC1CCCC1. The first-order chi connectivity index (χ1) is 7.60. The summed E-state index contributed by atoms with van der Waals surface area (Å²) >= 11 is 0. The van der Waals surface area contributed by atoms with Crippen LogP contribution in [0, 0.1) is 11.3 Å². The molecule has 0 amide bonds. The molecule has 2 unspecified atom stereocenters. The second-order valence-electron chi connectivity index (χ2n) is 6.37. The molecule has 0 spiro atoms. The van der Waals surface area contributed by atoms with Gasteiger partial charge in [0.05, 0.1) is 6.10 Å². The van der Waals surface area contributed by atoms with Gasteiger partial charge in [0.15, 0.2) is 0 Å². The standard InChI is InChI=1S/C14H27NO/c1-14(2)12(10-13(14)16)15-9-5-8-11-6-3-4-7-11/h11-13,15-16H,3-10H2,1-2H3. The summed E-state index contributed by atoms with van der Waals surface area (Å²) in [6.45, 7) is 5.46. The van der Waals surface area contributed by atoms with Gasteiger partial charge in [0.2, 0.25) is 0 Å². The van der Waals surface area contributed by atoms with Crippen LogP contribution < -0.4 is 5.32 Å². The Morgan fingerprint density at radius 1 is 1.25 bits per heavy atom. The van der Waals surface area contributed by atoms with Crippen molar-refractivity contribution in [1.29, 1.82) is 0 Å². The predicted molar refractivity (Wildman–Crippen MR) is 67.4 cm³/mol. The summed E-state index contributed by atoms with van der Waals surface area (Å²) < 4.78 is 0. The molecule has 2 saturated carbocycles. The Labute approximate surface area is 99.8 Å². The monoisotopic (exact) mass is 225 g/mol. The van der Waals surface area contributed by atoms with E-state index in [1.165, 1.54) is 38.5 Å². The van der Waals surface area contributed by atoms with Crippen molar-refractivity contribution in [2.45, 2.75) is 70.9 Å². The molecule has 2 heteroatoms. The molecule has 2 N–H and O–H groups in total. The van der Waals surface area contributed by atoms with Gasteiger partial charge in [-0.25, -0.2) is 0 Å². The molecule has 2 nitrogen and oxygen atoms in total. The molecular weight excluding hydrogens is 198 g/mol. The molecule has 0 radical (unpaired) electrons. The largest absolute Gasteiger partial charge is 0.392 e. The van der Waals surface area contributed by atoms with Gasteiger partial charge in [-0.05, 0) is 31.7 Å². The van der Waals surface area contributed by atoms with E-state index in [1.807, 2.05) is 0 Å². The lowest BCUT2D eigenvalue weighted by atomic mass is 9.64. The van der Waals surface area contributed by atoms with Crippen molar-refractivity contribution in [3.8, 4) is 0 Å². The number of nitrogens with one attached hydrogen (secondary N) is 1. The normalized spacial score (nSPS) is 33.9. The van der Waals surface area contributed by atoms with E-state index in [2.05, 4.69) is 19.2 Å². The summed E-state index contributed by atoms with van der Waals surface area (Å²) in [5.41, 5.74) is 0.0906. The van der Waals surface area contributed by atoms with E-state index >= 15 is 0 Å². The molecule has 0 bridgehead atoms. The molecule has 2 fully saturated rings. The van der Waals surface area contributed by atoms with Gasteiger partial charge in [-0.2, -0.15) is 0 Å². The van der Waals surface area contributed by atoms with Crippen LogP contribution >= 0.6 is 0 Å². The molecular formula is C14H27NO. The maximum Gasteiger partial charge on any atom is 0.0621 e. The summed E-state index contributed by atoms with van der Waals surface area (Å²) in [4.78, 5) is 0. The highest BCUT2D eigenvalue weighted by molar-refractivity contribution is 5.01. The van der Waals surface area contributed by atoms with Crippen molar-refractivity contribution in [2.24, 2.45) is 11.3 Å². The Hall–Kier alpha value is -0.0800. The Bertz CT molecular complexity index is 221. The quantitative estimate of drug-likeness (QED) is 0.705. The van der Waals surface area contributed by atoms with E-state index in [0.29, 0.717) is 6.04 Å². The Balaban J connectivity index is 1.55. The van der Waals surface area contributed by atoms with E-state index in [1.54, 1.807) is 0 Å². The van der Waals surface area contributed by atoms with Crippen molar-refractivity contribution >= 4 is 0 Å². The molecule has 0 saturated heterocycles. The fourth-order valence-electron chi connectivity index (χ4n) is 3.21. The third-order valence-electron chi connectivity index (χ3n) is 4.87. The summed E-state index contributed by atoms with van der Waals surface area (Å²) in [5, 5.41) is 13.2. The molecule has 2 aliphatic rings. The topological polar surface area (TPSA) is 32.3 Å². The van der Waals surface area contributed by atoms with E-state index < -0.39 is 0 Å². The third-order valence-corrected chi connectivity index (χ3v) is 4.87. The molecule has 94 valence electrons. The minimum atomic E-state index is -0.0974. The van der Waals surface area contributed by atoms with Crippen LogP contribution in [0.25, 0.3) is 0 Å². The fraction of sp³-hybridized carbons (Fsp3) is 1.00. The van der Waals surface area contributed by atoms with E-state index in [0.717, 1.165) is 18.9 Å². The van der Waals surface area contributed by atoms with Crippen LogP contribution in [-0.4, -0.2) is 23.8 Å². The maximum atomic E-state index is 9.64. The second-order valence-corrected chi connectivity index (χ2v) is 6.37. The Morgan fingerprint density at radius 2 is 1.94 bits per heavy atom. The van der Waals surface area contributed by atoms with Crippen molar-refractivity contribution in [3.05, 3.63) is 0 Å². The van der Waals surface area contributed by atoms with Gasteiger partial charge in [0, 0.05) is 11.5 Å². The van der Waals surface area contributed by atoms with Crippen molar-refractivity contribution in [1.82, 2.24) is 5.32 Å². The molecule has 0 aromatic heterocycles. The lowest BCUT2D eigenvalue weighted by molar-refractivity contribution is -0.0723. The van der Waals surface area contributed by atoms with Crippen LogP contribution in [0.1, 0.15) is 58.8 Å². The molecule has 0 aromatic carbocycles. The van der Waals surface area contributed by atoms with Gasteiger partial charge in [0.1, 0.15) is 0 Å². The van der Waals surface area contributed by atoms with Gasteiger partial charge in [0.25, 0.3) is 0 Å². The number of hydrogen-bond acceptors (Lipinski definition) is 2. The zero-order chi connectivity index (χ0) is 11.6. The van der Waals surface area contributed by atoms with Gasteiger partial charge in [-0.1, -0.05) is 39.5 Å². The zero-order valence-electron chi connectivity index (χ0n) is 10.8. The van der Waals surface area contributed by atoms with Gasteiger partial charge < -0.3 is 10.4 Å². The van der Waals surface area contributed by atoms with Crippen LogP contribution in [0.15, 0.2) is 0 Å². The molecule has 16 heavy (non-hydrogen) atoms. The van der Waals surface area contributed by atoms with E-state index in [-0.39, 0.29) is 11.5 Å². The number of aliphatic hydroxyl groups is 1. The van der Waals surface area contributed by atoms with Crippen LogP contribution in [0.4, 0.5) is 0 Å². The second kappa shape index (κ2) is 5.05. The zero-order valence-corrected chi connectivity index (χ0v) is 10.8. The first-order valence-electron chi connectivity index (χ1n) is 7.02. The summed E-state index contributed by atoms with van der Waals surface area (Å²) in [6, 6.07) is 0.533. The molecule has 0 aliphatic heterocycles. The Kier molecular flexibility index (Phi) is 3.91. The first-order valence-corrected chi connectivity index (χ1v) is 7.02. The van der Waals surface area contributed by atoms with Crippen molar-refractivity contribution in [2.75, 3.05) is 6.54 Å². The molecule has 2 atom stereocenters. The summed E-state index contributed by atoms with van der Waals surface area (Å²) in [5.74, 6) is 1.02. The van der Waals surface area contributed by atoms with Gasteiger partial charge in [-0.15, -0.1) is 0 Å². The van der Waals surface area contributed by atoms with Gasteiger partial charge in [-0.3, -0.25) is 0 Å². The third kappa shape index (κ3) is 2.60. The average Bonchev–Trinajstić information content (AvgIpc) is 2.75. The van der Waals surface area contributed by atoms with Crippen LogP contribution in [0.5, 0.6) is 0 Å². The highest BCUT2D eigenvalue weighted by atomic mass is 16.3. The summed E-state index contributed by atoms with van der Waals surface area (Å²) in [6.07, 6.45) is 9.41. The molecule has 2 aliphatic carbocycles. The van der Waals surface area contributed by atoms with E-state index in [4.69, 9.17) is 0 Å². The molecule has 0 aromatic rings. The van der Waals surface area contributed by atoms with E-state index in [9.17, 15) is 5.11 Å². The minimum Gasteiger partial charge on any atom is -0.392 e. The minimum absolute atomic E-state index is 0.0906. The highest BCUT2D eigenvalue weighted by Crippen LogP contribution is 2.40. The fourth-order valence-corrected chi connectivity index (χ4v) is 3.21. The maximum absolute atomic E-state index is 9.64. The van der Waals surface area contributed by atoms with Crippen molar-refractivity contribution in [3.63, 3.8) is 0 Å². The molecule has 0 heterocycles. The lowest BCUT2D eigenvalue weighted by Crippen LogP contribution is -2.60. The smallest absolute Gasteiger partial charge is 0.0621 e. The predicted octanol–water partition coefficient (Wildman–Crippen LogP) is 2.71. The van der Waals surface area contributed by atoms with Crippen molar-refractivity contribution < 1.29 is 5.11 Å². The number of aliphatic hydroxyl groups excluding tert-OH is 1. The summed E-state index contributed by atoms with van der Waals surface area (Å²) in [7, 11) is 0. The average molecular weight is 225 g/mol. The van der Waals surface area contributed by atoms with Gasteiger partial charge >= 0.3 is 0 Å². The van der Waals surface area contributed by atoms with Crippen LogP contribution in [0.3, 0.4) is 0 Å². The molecule has 2 rings (SSSR count). The lowest BCUT2D eigenvalue weighted by Gasteiger charge is -2.49. The highest BCUT2D eigenvalue weighted by Gasteiger charge is 2.46. The number of hydrogen-bond donors (Lipinski definition) is 2.